The summed E-state index contributed by atoms with van der Waals surface area (Å²) in [6.45, 7) is 15.4. The zero-order valence-electron chi connectivity index (χ0n) is 15.0. The van der Waals surface area contributed by atoms with Crippen molar-refractivity contribution in [2.45, 2.75) is 53.6 Å². The van der Waals surface area contributed by atoms with Crippen LogP contribution in [0.3, 0.4) is 0 Å². The van der Waals surface area contributed by atoms with E-state index in [2.05, 4.69) is 50.2 Å². The Morgan fingerprint density at radius 1 is 1.05 bits per heavy atom. The van der Waals surface area contributed by atoms with Crippen molar-refractivity contribution in [3.63, 3.8) is 0 Å². The molecule has 0 aliphatic heterocycles. The van der Waals surface area contributed by atoms with E-state index >= 15 is 0 Å². The van der Waals surface area contributed by atoms with Gasteiger partial charge < -0.3 is 20.1 Å². The Morgan fingerprint density at radius 2 is 1.77 bits per heavy atom. The van der Waals surface area contributed by atoms with Crippen LogP contribution in [0.5, 0.6) is 0 Å². The largest absolute Gasteiger partial charge is 0.381 e. The van der Waals surface area contributed by atoms with E-state index in [0.717, 1.165) is 58.3 Å². The summed E-state index contributed by atoms with van der Waals surface area (Å²) in [5, 5.41) is 6.57. The molecule has 0 aromatic heterocycles. The highest BCUT2D eigenvalue weighted by Gasteiger charge is 1.98. The van der Waals surface area contributed by atoms with Crippen LogP contribution >= 0.6 is 24.0 Å². The molecule has 0 fully saturated rings. The van der Waals surface area contributed by atoms with Crippen LogP contribution in [0.1, 0.15) is 47.5 Å². The Balaban J connectivity index is 0. The zero-order chi connectivity index (χ0) is 15.9. The molecular formula is C16H36IN3O2. The molecule has 0 atom stereocenters. The van der Waals surface area contributed by atoms with Crippen molar-refractivity contribution < 1.29 is 9.47 Å². The lowest BCUT2D eigenvalue weighted by Gasteiger charge is -2.12. The number of nitrogens with one attached hydrogen (secondary N) is 2. The van der Waals surface area contributed by atoms with E-state index in [4.69, 9.17) is 9.47 Å². The third-order valence-corrected chi connectivity index (χ3v) is 2.58. The summed E-state index contributed by atoms with van der Waals surface area (Å²) >= 11 is 0. The number of nitrogens with zero attached hydrogens (tertiary/aromatic N) is 1. The maximum atomic E-state index is 5.55. The van der Waals surface area contributed by atoms with E-state index in [0.29, 0.717) is 12.0 Å². The molecule has 0 saturated heterocycles. The number of guanidine groups is 1. The van der Waals surface area contributed by atoms with Crippen LogP contribution in [-0.4, -0.2) is 51.5 Å². The van der Waals surface area contributed by atoms with E-state index in [1.807, 2.05) is 0 Å². The molecule has 0 aliphatic carbocycles. The van der Waals surface area contributed by atoms with Gasteiger partial charge in [-0.2, -0.15) is 0 Å². The second kappa shape index (κ2) is 17.3. The summed E-state index contributed by atoms with van der Waals surface area (Å²) in [7, 11) is 0. The summed E-state index contributed by atoms with van der Waals surface area (Å²) in [6, 6.07) is 0. The zero-order valence-corrected chi connectivity index (χ0v) is 17.3. The lowest BCUT2D eigenvalue weighted by molar-refractivity contribution is 0.0776. The van der Waals surface area contributed by atoms with Gasteiger partial charge >= 0.3 is 0 Å². The lowest BCUT2D eigenvalue weighted by atomic mass is 10.2. The Labute approximate surface area is 154 Å². The standard InChI is InChI=1S/C16H35N3O2.HI/c1-6-17-16(19-10-8-12-21-15(4)5)18-9-7-11-20-13-14(2)3;/h14-15H,6-13H2,1-5H3,(H2,17,18,19);1H. The molecule has 0 saturated carbocycles. The number of halogens is 1. The van der Waals surface area contributed by atoms with Crippen LogP contribution in [0.4, 0.5) is 0 Å². The SMILES string of the molecule is CCNC(=NCCCOCC(C)C)NCCCOC(C)C.I. The van der Waals surface area contributed by atoms with Crippen LogP contribution in [0.25, 0.3) is 0 Å². The molecule has 0 spiro atoms. The number of hydrogen-bond donors (Lipinski definition) is 2. The van der Waals surface area contributed by atoms with Gasteiger partial charge in [-0.1, -0.05) is 13.8 Å². The Kier molecular flexibility index (Phi) is 19.0. The van der Waals surface area contributed by atoms with Gasteiger partial charge in [-0.25, -0.2) is 0 Å². The van der Waals surface area contributed by atoms with Crippen LogP contribution in [0, 0.1) is 5.92 Å². The molecule has 2 N–H and O–H groups in total. The summed E-state index contributed by atoms with van der Waals surface area (Å²) in [4.78, 5) is 4.54. The topological polar surface area (TPSA) is 54.9 Å². The second-order valence-corrected chi connectivity index (χ2v) is 5.78. The fourth-order valence-corrected chi connectivity index (χ4v) is 1.62. The monoisotopic (exact) mass is 429 g/mol. The van der Waals surface area contributed by atoms with Crippen molar-refractivity contribution in [3.05, 3.63) is 0 Å². The van der Waals surface area contributed by atoms with Gasteiger partial charge in [0.2, 0.25) is 0 Å². The number of aliphatic imine (C=N–C) groups is 1. The molecule has 0 heterocycles. The molecule has 0 radical (unpaired) electrons. The summed E-state index contributed by atoms with van der Waals surface area (Å²) in [6.07, 6.45) is 2.25. The van der Waals surface area contributed by atoms with Gasteiger partial charge in [0.25, 0.3) is 0 Å². The highest BCUT2D eigenvalue weighted by molar-refractivity contribution is 14.0. The Bertz CT molecular complexity index is 262. The predicted molar refractivity (Wildman–Crippen MR) is 105 cm³/mol. The molecule has 22 heavy (non-hydrogen) atoms. The average molecular weight is 429 g/mol. The first kappa shape index (κ1) is 24.2. The summed E-state index contributed by atoms with van der Waals surface area (Å²) in [5.74, 6) is 1.48. The second-order valence-electron chi connectivity index (χ2n) is 5.78. The number of hydrogen-bond acceptors (Lipinski definition) is 3. The van der Waals surface area contributed by atoms with Gasteiger partial charge in [0, 0.05) is 39.5 Å². The first-order chi connectivity index (χ1) is 10.1. The molecule has 5 nitrogen and oxygen atoms in total. The molecule has 0 aliphatic rings. The molecule has 0 aromatic carbocycles. The molecule has 134 valence electrons. The molecule has 0 amide bonds. The highest BCUT2D eigenvalue weighted by Crippen LogP contribution is 1.94. The molecule has 0 bridgehead atoms. The van der Waals surface area contributed by atoms with Crippen molar-refractivity contribution in [1.29, 1.82) is 0 Å². The van der Waals surface area contributed by atoms with E-state index in [-0.39, 0.29) is 24.0 Å². The van der Waals surface area contributed by atoms with Crippen molar-refractivity contribution in [2.24, 2.45) is 10.9 Å². The summed E-state index contributed by atoms with van der Waals surface area (Å²) < 4.78 is 11.1. The molecule has 0 unspecified atom stereocenters. The molecule has 0 aromatic rings. The van der Waals surface area contributed by atoms with Gasteiger partial charge in [0.1, 0.15) is 0 Å². The van der Waals surface area contributed by atoms with Gasteiger partial charge in [0.05, 0.1) is 6.10 Å². The van der Waals surface area contributed by atoms with E-state index in [1.165, 1.54) is 0 Å². The normalized spacial score (nSPS) is 11.7. The fraction of sp³-hybridized carbons (Fsp3) is 0.938. The first-order valence-corrected chi connectivity index (χ1v) is 8.27. The molecule has 0 rings (SSSR count). The minimum absolute atomic E-state index is 0. The predicted octanol–water partition coefficient (Wildman–Crippen LogP) is 3.04. The third-order valence-electron chi connectivity index (χ3n) is 2.58. The van der Waals surface area contributed by atoms with E-state index in [9.17, 15) is 0 Å². The van der Waals surface area contributed by atoms with Gasteiger partial charge in [-0.15, -0.1) is 24.0 Å². The number of ether oxygens (including phenoxy) is 2. The van der Waals surface area contributed by atoms with Gasteiger partial charge in [-0.05, 0) is 39.5 Å². The number of rotatable bonds is 12. The minimum atomic E-state index is 0. The minimum Gasteiger partial charge on any atom is -0.381 e. The van der Waals surface area contributed by atoms with E-state index < -0.39 is 0 Å². The third kappa shape index (κ3) is 18.0. The van der Waals surface area contributed by atoms with Crippen LogP contribution in [0.15, 0.2) is 4.99 Å². The molecule has 6 heteroatoms. The fourth-order valence-electron chi connectivity index (χ4n) is 1.62. The average Bonchev–Trinajstić information content (AvgIpc) is 2.41. The van der Waals surface area contributed by atoms with Crippen molar-refractivity contribution in [1.82, 2.24) is 10.6 Å². The van der Waals surface area contributed by atoms with Crippen LogP contribution < -0.4 is 10.6 Å². The van der Waals surface area contributed by atoms with Crippen LogP contribution in [0.2, 0.25) is 0 Å². The van der Waals surface area contributed by atoms with E-state index in [1.54, 1.807) is 0 Å². The maximum absolute atomic E-state index is 5.55. The molecular weight excluding hydrogens is 393 g/mol. The highest BCUT2D eigenvalue weighted by atomic mass is 127. The maximum Gasteiger partial charge on any atom is 0.191 e. The Hall–Kier alpha value is -0.0800. The van der Waals surface area contributed by atoms with Crippen molar-refractivity contribution in [3.8, 4) is 0 Å². The first-order valence-electron chi connectivity index (χ1n) is 8.27. The summed E-state index contributed by atoms with van der Waals surface area (Å²) in [5.41, 5.74) is 0. The van der Waals surface area contributed by atoms with Gasteiger partial charge in [-0.3, -0.25) is 4.99 Å². The Morgan fingerprint density at radius 3 is 2.36 bits per heavy atom. The quantitative estimate of drug-likeness (QED) is 0.217. The van der Waals surface area contributed by atoms with Crippen molar-refractivity contribution in [2.75, 3.05) is 39.5 Å². The smallest absolute Gasteiger partial charge is 0.191 e. The van der Waals surface area contributed by atoms with Crippen LogP contribution in [-0.2, 0) is 9.47 Å². The van der Waals surface area contributed by atoms with Gasteiger partial charge in [0.15, 0.2) is 5.96 Å². The lowest BCUT2D eigenvalue weighted by Crippen LogP contribution is -2.38. The van der Waals surface area contributed by atoms with Crippen molar-refractivity contribution >= 4 is 29.9 Å².